The van der Waals surface area contributed by atoms with E-state index in [0.717, 1.165) is 47.7 Å². The number of hydrogen-bond acceptors (Lipinski definition) is 5. The van der Waals surface area contributed by atoms with Gasteiger partial charge in [0.2, 0.25) is 5.88 Å². The van der Waals surface area contributed by atoms with Crippen LogP contribution in [0.3, 0.4) is 0 Å². The van der Waals surface area contributed by atoms with Crippen LogP contribution in [0.4, 0.5) is 0 Å². The molecule has 0 saturated heterocycles. The molecule has 2 amide bonds. The lowest BCUT2D eigenvalue weighted by molar-refractivity contribution is 0.0919. The van der Waals surface area contributed by atoms with Crippen molar-refractivity contribution in [2.45, 2.75) is 37.6 Å². The van der Waals surface area contributed by atoms with Crippen LogP contribution in [0.25, 0.3) is 22.0 Å². The number of rotatable bonds is 6. The largest absolute Gasteiger partial charge is 0.480 e. The molecule has 4 aromatic rings. The highest BCUT2D eigenvalue weighted by Crippen LogP contribution is 2.33. The van der Waals surface area contributed by atoms with Crippen molar-refractivity contribution in [1.29, 1.82) is 0 Å². The Balaban J connectivity index is 1.38. The molecule has 0 unspecified atom stereocenters. The van der Waals surface area contributed by atoms with Crippen LogP contribution in [-0.2, 0) is 0 Å². The number of nitrogens with one attached hydrogen (secondary N) is 3. The molecule has 2 heterocycles. The van der Waals surface area contributed by atoms with E-state index in [1.165, 1.54) is 12.7 Å². The summed E-state index contributed by atoms with van der Waals surface area (Å²) >= 11 is 0. The maximum atomic E-state index is 13.4. The Bertz CT molecular complexity index is 1400. The lowest BCUT2D eigenvalue weighted by Gasteiger charge is -2.30. The van der Waals surface area contributed by atoms with Crippen molar-refractivity contribution in [3.63, 3.8) is 0 Å². The Hall–Kier alpha value is -4.20. The highest BCUT2D eigenvalue weighted by Gasteiger charge is 2.26. The van der Waals surface area contributed by atoms with Gasteiger partial charge in [-0.1, -0.05) is 42.8 Å². The molecule has 8 heteroatoms. The van der Waals surface area contributed by atoms with Gasteiger partial charge in [-0.05, 0) is 54.5 Å². The Morgan fingerprint density at radius 1 is 1.03 bits per heavy atom. The Morgan fingerprint density at radius 2 is 1.86 bits per heavy atom. The molecule has 36 heavy (non-hydrogen) atoms. The van der Waals surface area contributed by atoms with Crippen LogP contribution in [0.2, 0.25) is 0 Å². The number of hydrogen-bond donors (Lipinski definition) is 3. The van der Waals surface area contributed by atoms with Gasteiger partial charge in [-0.15, -0.1) is 0 Å². The Kier molecular flexibility index (Phi) is 6.66. The molecular weight excluding hydrogens is 454 g/mol. The molecule has 0 aliphatic heterocycles. The maximum absolute atomic E-state index is 13.4. The van der Waals surface area contributed by atoms with Crippen LogP contribution >= 0.6 is 0 Å². The third-order valence-electron chi connectivity index (χ3n) is 6.91. The highest BCUT2D eigenvalue weighted by molar-refractivity contribution is 6.05. The molecule has 1 aliphatic carbocycles. The first-order chi connectivity index (χ1) is 17.6. The van der Waals surface area contributed by atoms with Crippen molar-refractivity contribution in [1.82, 2.24) is 25.8 Å². The number of pyridine rings is 1. The van der Waals surface area contributed by atoms with Gasteiger partial charge in [0.15, 0.2) is 5.69 Å². The molecule has 184 valence electrons. The number of fused-ring (bicyclic) bond motifs is 1. The van der Waals surface area contributed by atoms with Crippen LogP contribution < -0.4 is 15.4 Å². The molecule has 2 aromatic heterocycles. The van der Waals surface area contributed by atoms with Crippen LogP contribution in [0.5, 0.6) is 5.88 Å². The zero-order valence-corrected chi connectivity index (χ0v) is 20.4. The molecule has 0 radical (unpaired) electrons. The topological polar surface area (TPSA) is 109 Å². The summed E-state index contributed by atoms with van der Waals surface area (Å²) in [6.45, 7) is 0. The molecule has 0 spiro atoms. The summed E-state index contributed by atoms with van der Waals surface area (Å²) < 4.78 is 5.42. The zero-order valence-electron chi connectivity index (χ0n) is 20.4. The number of carbonyl (C=O) groups excluding carboxylic acids is 2. The standard InChI is InChI=1S/C28H29N5O3/c1-29-27(35)25-22-12-11-19(15-24(22)32-33-25)20-14-23(28(36-2)30-16-20)26(34)31-21-10-6-9-18(13-21)17-7-4-3-5-8-17/h3-5,7-8,11-12,14-16,18,21H,6,9-10,13H2,1-2H3,(H,29,35)(H,31,34)(H,32,33)/t18-,21-/m1/s1. The molecule has 5 rings (SSSR count). The smallest absolute Gasteiger partial charge is 0.272 e. The summed E-state index contributed by atoms with van der Waals surface area (Å²) in [6, 6.07) is 18.0. The summed E-state index contributed by atoms with van der Waals surface area (Å²) in [5, 5.41) is 13.6. The average Bonchev–Trinajstić information content (AvgIpc) is 3.36. The lowest BCUT2D eigenvalue weighted by Crippen LogP contribution is -2.38. The van der Waals surface area contributed by atoms with E-state index in [1.807, 2.05) is 24.3 Å². The predicted molar refractivity (Wildman–Crippen MR) is 138 cm³/mol. The molecule has 3 N–H and O–H groups in total. The monoisotopic (exact) mass is 483 g/mol. The van der Waals surface area contributed by atoms with Crippen molar-refractivity contribution in [2.24, 2.45) is 0 Å². The number of aromatic nitrogens is 3. The van der Waals surface area contributed by atoms with E-state index in [-0.39, 0.29) is 23.7 Å². The third-order valence-corrected chi connectivity index (χ3v) is 6.91. The van der Waals surface area contributed by atoms with Crippen molar-refractivity contribution in [2.75, 3.05) is 14.2 Å². The van der Waals surface area contributed by atoms with E-state index in [0.29, 0.717) is 17.2 Å². The first-order valence-electron chi connectivity index (χ1n) is 12.2. The van der Waals surface area contributed by atoms with Crippen molar-refractivity contribution < 1.29 is 14.3 Å². The summed E-state index contributed by atoms with van der Waals surface area (Å²) in [5.41, 5.74) is 4.40. The van der Waals surface area contributed by atoms with Gasteiger partial charge in [0, 0.05) is 30.2 Å². The lowest BCUT2D eigenvalue weighted by atomic mass is 9.81. The number of amides is 2. The van der Waals surface area contributed by atoms with Crippen molar-refractivity contribution in [3.8, 4) is 17.0 Å². The van der Waals surface area contributed by atoms with Gasteiger partial charge in [-0.25, -0.2) is 4.98 Å². The molecule has 1 saturated carbocycles. The fourth-order valence-electron chi connectivity index (χ4n) is 5.04. The average molecular weight is 484 g/mol. The molecule has 1 aliphatic rings. The number of H-pyrrole nitrogens is 1. The van der Waals surface area contributed by atoms with E-state index in [2.05, 4.69) is 50.1 Å². The minimum Gasteiger partial charge on any atom is -0.480 e. The van der Waals surface area contributed by atoms with E-state index in [9.17, 15) is 9.59 Å². The van der Waals surface area contributed by atoms with E-state index in [1.54, 1.807) is 19.3 Å². The normalized spacial score (nSPS) is 17.5. The quantitative estimate of drug-likeness (QED) is 0.375. The SMILES string of the molecule is CNC(=O)c1n[nH]c2cc(-c3cnc(OC)c(C(=O)N[C@@H]4CCC[C@@H](c5ccccc5)C4)c3)ccc12. The second-order valence-corrected chi connectivity index (χ2v) is 9.14. The predicted octanol–water partition coefficient (Wildman–Crippen LogP) is 4.45. The third kappa shape index (κ3) is 4.66. The molecular formula is C28H29N5O3. The van der Waals surface area contributed by atoms with Crippen molar-refractivity contribution >= 4 is 22.7 Å². The second kappa shape index (κ2) is 10.2. The maximum Gasteiger partial charge on any atom is 0.272 e. The number of methoxy groups -OCH3 is 1. The highest BCUT2D eigenvalue weighted by atomic mass is 16.5. The van der Waals surface area contributed by atoms with Gasteiger partial charge in [-0.2, -0.15) is 5.10 Å². The van der Waals surface area contributed by atoms with Gasteiger partial charge in [0.1, 0.15) is 5.56 Å². The zero-order chi connectivity index (χ0) is 25.1. The molecule has 1 fully saturated rings. The molecule has 0 bridgehead atoms. The first-order valence-corrected chi connectivity index (χ1v) is 12.2. The number of ether oxygens (including phenoxy) is 1. The summed E-state index contributed by atoms with van der Waals surface area (Å²) in [7, 11) is 3.09. The van der Waals surface area contributed by atoms with E-state index >= 15 is 0 Å². The number of nitrogens with zero attached hydrogens (tertiary/aromatic N) is 2. The molecule has 2 atom stereocenters. The van der Waals surface area contributed by atoms with Gasteiger partial charge >= 0.3 is 0 Å². The van der Waals surface area contributed by atoms with Crippen LogP contribution in [-0.4, -0.2) is 47.2 Å². The van der Waals surface area contributed by atoms with Gasteiger partial charge in [-0.3, -0.25) is 14.7 Å². The summed E-state index contributed by atoms with van der Waals surface area (Å²) in [6.07, 6.45) is 5.75. The first kappa shape index (κ1) is 23.5. The minimum atomic E-state index is -0.253. The Labute approximate surface area is 209 Å². The fourth-order valence-corrected chi connectivity index (χ4v) is 5.04. The Morgan fingerprint density at radius 3 is 2.64 bits per heavy atom. The van der Waals surface area contributed by atoms with E-state index in [4.69, 9.17) is 4.74 Å². The van der Waals surface area contributed by atoms with Gasteiger partial charge in [0.25, 0.3) is 11.8 Å². The van der Waals surface area contributed by atoms with Crippen molar-refractivity contribution in [3.05, 3.63) is 77.6 Å². The second-order valence-electron chi connectivity index (χ2n) is 9.14. The van der Waals surface area contributed by atoms with Crippen LogP contribution in [0.1, 0.15) is 58.0 Å². The van der Waals surface area contributed by atoms with Crippen LogP contribution in [0, 0.1) is 0 Å². The minimum absolute atomic E-state index is 0.0919. The summed E-state index contributed by atoms with van der Waals surface area (Å²) in [4.78, 5) is 29.8. The van der Waals surface area contributed by atoms with Gasteiger partial charge in [0.05, 0.1) is 12.6 Å². The van der Waals surface area contributed by atoms with E-state index < -0.39 is 0 Å². The number of carbonyl (C=O) groups is 2. The van der Waals surface area contributed by atoms with Gasteiger partial charge < -0.3 is 15.4 Å². The number of benzene rings is 2. The fraction of sp³-hybridized carbons (Fsp3) is 0.286. The van der Waals surface area contributed by atoms with Crippen LogP contribution in [0.15, 0.2) is 60.8 Å². The molecule has 2 aromatic carbocycles. The molecule has 8 nitrogen and oxygen atoms in total. The number of aromatic amines is 1. The summed E-state index contributed by atoms with van der Waals surface area (Å²) in [5.74, 6) is 0.286.